The zero-order valence-corrected chi connectivity index (χ0v) is 12.0. The van der Waals surface area contributed by atoms with Crippen LogP contribution in [0.2, 0.25) is 0 Å². The van der Waals surface area contributed by atoms with E-state index in [1.54, 1.807) is 17.0 Å². The third-order valence-electron chi connectivity index (χ3n) is 3.28. The normalized spacial score (nSPS) is 14.7. The van der Waals surface area contributed by atoms with E-state index < -0.39 is 5.56 Å². The highest BCUT2D eigenvalue weighted by molar-refractivity contribution is 7.71. The number of hydrogen-bond acceptors (Lipinski definition) is 5. The molecule has 6 nitrogen and oxygen atoms in total. The van der Waals surface area contributed by atoms with Gasteiger partial charge in [0.25, 0.3) is 5.56 Å². The minimum atomic E-state index is -0.427. The quantitative estimate of drug-likeness (QED) is 0.668. The molecule has 0 saturated heterocycles. The van der Waals surface area contributed by atoms with Gasteiger partial charge in [0.2, 0.25) is 5.88 Å². The van der Waals surface area contributed by atoms with Gasteiger partial charge in [-0.1, -0.05) is 6.07 Å². The molecule has 0 atom stereocenters. The average Bonchev–Trinajstić information content (AvgIpc) is 3.28. The molecule has 21 heavy (non-hydrogen) atoms. The van der Waals surface area contributed by atoms with Crippen molar-refractivity contribution in [3.8, 4) is 5.88 Å². The SMILES string of the molecule is O=c1[nH]c(=S)n(C2CC2)c(O)c1C=NCc1cccnc1. The van der Waals surface area contributed by atoms with Crippen LogP contribution >= 0.6 is 12.2 Å². The second-order valence-corrected chi connectivity index (χ2v) is 5.32. The van der Waals surface area contributed by atoms with Gasteiger partial charge in [-0.25, -0.2) is 0 Å². The van der Waals surface area contributed by atoms with Crippen LogP contribution in [0, 0.1) is 4.77 Å². The van der Waals surface area contributed by atoms with Crippen LogP contribution in [0.4, 0.5) is 0 Å². The highest BCUT2D eigenvalue weighted by Crippen LogP contribution is 2.37. The molecule has 0 spiro atoms. The molecular weight excluding hydrogens is 288 g/mol. The third-order valence-corrected chi connectivity index (χ3v) is 3.58. The van der Waals surface area contributed by atoms with Crippen molar-refractivity contribution in [1.82, 2.24) is 14.5 Å². The molecule has 1 aliphatic carbocycles. The Kier molecular flexibility index (Phi) is 3.66. The minimum Gasteiger partial charge on any atom is -0.494 e. The van der Waals surface area contributed by atoms with Crippen LogP contribution in [0.15, 0.2) is 34.3 Å². The van der Waals surface area contributed by atoms with Crippen LogP contribution < -0.4 is 5.56 Å². The second kappa shape index (κ2) is 5.61. The number of aromatic hydroxyl groups is 1. The van der Waals surface area contributed by atoms with Gasteiger partial charge in [0.1, 0.15) is 5.56 Å². The molecule has 0 aliphatic heterocycles. The molecule has 1 fully saturated rings. The Balaban J connectivity index is 1.90. The first-order valence-corrected chi connectivity index (χ1v) is 7.04. The van der Waals surface area contributed by atoms with Crippen molar-refractivity contribution in [2.45, 2.75) is 25.4 Å². The van der Waals surface area contributed by atoms with Crippen LogP contribution in [0.25, 0.3) is 0 Å². The molecule has 1 saturated carbocycles. The fourth-order valence-electron chi connectivity index (χ4n) is 2.07. The lowest BCUT2D eigenvalue weighted by molar-refractivity contribution is 0.405. The number of hydrogen-bond donors (Lipinski definition) is 2. The number of aliphatic imine (C=N–C) groups is 1. The van der Waals surface area contributed by atoms with Gasteiger partial charge < -0.3 is 5.11 Å². The Morgan fingerprint density at radius 2 is 2.38 bits per heavy atom. The number of rotatable bonds is 4. The molecule has 0 radical (unpaired) electrons. The summed E-state index contributed by atoms with van der Waals surface area (Å²) in [6.45, 7) is 0.395. The van der Waals surface area contributed by atoms with Gasteiger partial charge in [-0.2, -0.15) is 0 Å². The fourth-order valence-corrected chi connectivity index (χ4v) is 2.40. The summed E-state index contributed by atoms with van der Waals surface area (Å²) in [6.07, 6.45) is 6.69. The monoisotopic (exact) mass is 302 g/mol. The summed E-state index contributed by atoms with van der Waals surface area (Å²) in [5.41, 5.74) is 0.642. The Morgan fingerprint density at radius 1 is 1.57 bits per heavy atom. The maximum atomic E-state index is 11.9. The van der Waals surface area contributed by atoms with Crippen LogP contribution in [0.5, 0.6) is 5.88 Å². The average molecular weight is 302 g/mol. The summed E-state index contributed by atoms with van der Waals surface area (Å²) in [5, 5.41) is 10.2. The van der Waals surface area contributed by atoms with Crippen molar-refractivity contribution >= 4 is 18.4 Å². The van der Waals surface area contributed by atoms with E-state index in [0.29, 0.717) is 6.54 Å². The molecule has 0 bridgehead atoms. The molecule has 0 unspecified atom stereocenters. The van der Waals surface area contributed by atoms with E-state index in [4.69, 9.17) is 12.2 Å². The van der Waals surface area contributed by atoms with Crippen molar-refractivity contribution < 1.29 is 5.11 Å². The largest absolute Gasteiger partial charge is 0.494 e. The topological polar surface area (TPSA) is 83.3 Å². The number of nitrogens with zero attached hydrogens (tertiary/aromatic N) is 3. The molecule has 2 N–H and O–H groups in total. The number of aromatic amines is 1. The van der Waals surface area contributed by atoms with E-state index in [1.165, 1.54) is 6.21 Å². The number of H-pyrrole nitrogens is 1. The van der Waals surface area contributed by atoms with Crippen molar-refractivity contribution in [2.24, 2.45) is 4.99 Å². The van der Waals surface area contributed by atoms with Gasteiger partial charge in [0, 0.05) is 24.7 Å². The standard InChI is InChI=1S/C14H14N4O2S/c19-12-11(8-16-7-9-2-1-5-15-6-9)13(20)18(10-3-4-10)14(21)17-12/h1-2,5-6,8,10,20H,3-4,7H2,(H,17,19,21). The fraction of sp³-hybridized carbons (Fsp3) is 0.286. The highest BCUT2D eigenvalue weighted by Gasteiger charge is 2.27. The lowest BCUT2D eigenvalue weighted by atomic mass is 10.3. The van der Waals surface area contributed by atoms with Crippen LogP contribution in [0.3, 0.4) is 0 Å². The summed E-state index contributed by atoms with van der Waals surface area (Å²) in [4.78, 5) is 22.7. The molecule has 0 amide bonds. The smallest absolute Gasteiger partial charge is 0.264 e. The van der Waals surface area contributed by atoms with Crippen molar-refractivity contribution in [3.63, 3.8) is 0 Å². The first kappa shape index (κ1) is 13.7. The molecule has 2 heterocycles. The predicted molar refractivity (Wildman–Crippen MR) is 81.4 cm³/mol. The Morgan fingerprint density at radius 3 is 3.05 bits per heavy atom. The van der Waals surface area contributed by atoms with E-state index in [1.807, 2.05) is 12.1 Å². The van der Waals surface area contributed by atoms with E-state index in [9.17, 15) is 9.90 Å². The first-order chi connectivity index (χ1) is 10.2. The van der Waals surface area contributed by atoms with Gasteiger partial charge in [-0.15, -0.1) is 0 Å². The van der Waals surface area contributed by atoms with E-state index >= 15 is 0 Å². The van der Waals surface area contributed by atoms with Gasteiger partial charge in [-0.05, 0) is 36.7 Å². The Labute approximate surface area is 125 Å². The van der Waals surface area contributed by atoms with Gasteiger partial charge in [0.05, 0.1) is 6.54 Å². The summed E-state index contributed by atoms with van der Waals surface area (Å²) in [5.74, 6) is -0.110. The predicted octanol–water partition coefficient (Wildman–Crippen LogP) is 1.96. The molecule has 2 aromatic rings. The van der Waals surface area contributed by atoms with Gasteiger partial charge >= 0.3 is 0 Å². The molecular formula is C14H14N4O2S. The minimum absolute atomic E-state index is 0.110. The summed E-state index contributed by atoms with van der Waals surface area (Å²) < 4.78 is 1.84. The first-order valence-electron chi connectivity index (χ1n) is 6.63. The maximum Gasteiger partial charge on any atom is 0.264 e. The molecule has 0 aromatic carbocycles. The molecule has 1 aliphatic rings. The zero-order valence-electron chi connectivity index (χ0n) is 11.2. The van der Waals surface area contributed by atoms with Crippen LogP contribution in [-0.4, -0.2) is 25.9 Å². The number of pyridine rings is 1. The van der Waals surface area contributed by atoms with Crippen molar-refractivity contribution in [3.05, 3.63) is 50.8 Å². The Bertz CT molecular complexity index is 791. The van der Waals surface area contributed by atoms with E-state index in [-0.39, 0.29) is 22.3 Å². The molecule has 108 valence electrons. The summed E-state index contributed by atoms with van der Waals surface area (Å²) in [6, 6.07) is 3.90. The van der Waals surface area contributed by atoms with Gasteiger partial charge in [0.15, 0.2) is 4.77 Å². The summed E-state index contributed by atoms with van der Waals surface area (Å²) >= 11 is 5.09. The lowest BCUT2D eigenvalue weighted by Crippen LogP contribution is -2.18. The molecule has 3 rings (SSSR count). The third kappa shape index (κ3) is 2.92. The second-order valence-electron chi connectivity index (χ2n) is 4.93. The van der Waals surface area contributed by atoms with Crippen molar-refractivity contribution in [1.29, 1.82) is 0 Å². The summed E-state index contributed by atoms with van der Waals surface area (Å²) in [7, 11) is 0. The van der Waals surface area contributed by atoms with Gasteiger partial charge in [-0.3, -0.25) is 24.3 Å². The van der Waals surface area contributed by atoms with Crippen LogP contribution in [-0.2, 0) is 6.54 Å². The van der Waals surface area contributed by atoms with E-state index in [0.717, 1.165) is 18.4 Å². The van der Waals surface area contributed by atoms with Crippen molar-refractivity contribution in [2.75, 3.05) is 0 Å². The van der Waals surface area contributed by atoms with E-state index in [2.05, 4.69) is 15.0 Å². The van der Waals surface area contributed by atoms with Crippen LogP contribution in [0.1, 0.15) is 30.0 Å². The number of aromatic nitrogens is 3. The lowest BCUT2D eigenvalue weighted by Gasteiger charge is -2.09. The highest BCUT2D eigenvalue weighted by atomic mass is 32.1. The molecule has 7 heteroatoms. The molecule has 2 aromatic heterocycles. The maximum absolute atomic E-state index is 11.9. The number of nitrogens with one attached hydrogen (secondary N) is 1. The Hall–Kier alpha value is -2.28. The zero-order chi connectivity index (χ0) is 14.8.